The second kappa shape index (κ2) is 8.35. The number of pyridine rings is 1. The highest BCUT2D eigenvalue weighted by Crippen LogP contribution is 2.23. The van der Waals surface area contributed by atoms with Gasteiger partial charge in [-0.1, -0.05) is 29.8 Å². The van der Waals surface area contributed by atoms with Gasteiger partial charge >= 0.3 is 0 Å². The SMILES string of the molecule is O=c1c(Cl)c(OCc2ccc(F)cc2F)ccn1Cc1cccc2c1CCNC2. The third-order valence-electron chi connectivity index (χ3n) is 5.05. The summed E-state index contributed by atoms with van der Waals surface area (Å²) < 4.78 is 33.8. The topological polar surface area (TPSA) is 43.3 Å². The second-order valence-corrected chi connectivity index (χ2v) is 7.31. The molecule has 0 spiro atoms. The van der Waals surface area contributed by atoms with Gasteiger partial charge in [0.2, 0.25) is 0 Å². The molecule has 150 valence electrons. The molecular weight excluding hydrogens is 398 g/mol. The van der Waals surface area contributed by atoms with E-state index in [1.807, 2.05) is 12.1 Å². The highest BCUT2D eigenvalue weighted by molar-refractivity contribution is 6.31. The fourth-order valence-corrected chi connectivity index (χ4v) is 3.73. The van der Waals surface area contributed by atoms with E-state index in [9.17, 15) is 13.6 Å². The minimum absolute atomic E-state index is 0.0681. The first kappa shape index (κ1) is 19.6. The van der Waals surface area contributed by atoms with Crippen LogP contribution in [0.3, 0.4) is 0 Å². The zero-order chi connectivity index (χ0) is 20.4. The van der Waals surface area contributed by atoms with Crippen LogP contribution in [0.25, 0.3) is 0 Å². The van der Waals surface area contributed by atoms with Crippen LogP contribution in [0.2, 0.25) is 5.02 Å². The minimum atomic E-state index is -0.710. The van der Waals surface area contributed by atoms with E-state index in [1.165, 1.54) is 21.8 Å². The van der Waals surface area contributed by atoms with E-state index in [4.69, 9.17) is 16.3 Å². The summed E-state index contributed by atoms with van der Waals surface area (Å²) in [5.74, 6) is -1.21. The molecule has 0 saturated heterocycles. The van der Waals surface area contributed by atoms with Crippen molar-refractivity contribution in [2.75, 3.05) is 6.54 Å². The predicted molar refractivity (Wildman–Crippen MR) is 107 cm³/mol. The molecule has 0 atom stereocenters. The standard InChI is InChI=1S/C22H19ClF2N2O2/c23-21-20(29-13-16-4-5-17(24)10-19(16)25)7-9-27(22(21)28)12-15-3-1-2-14-11-26-8-6-18(14)15/h1-5,7,9-10,26H,6,8,11-13H2. The molecule has 2 heterocycles. The molecule has 1 aliphatic heterocycles. The Bertz CT molecular complexity index is 1110. The van der Waals surface area contributed by atoms with Gasteiger partial charge in [0.1, 0.15) is 29.0 Å². The lowest BCUT2D eigenvalue weighted by molar-refractivity contribution is 0.298. The normalized spacial score (nSPS) is 13.2. The van der Waals surface area contributed by atoms with Crippen LogP contribution in [-0.4, -0.2) is 11.1 Å². The van der Waals surface area contributed by atoms with Gasteiger partial charge in [-0.05, 0) is 47.9 Å². The monoisotopic (exact) mass is 416 g/mol. The van der Waals surface area contributed by atoms with Crippen molar-refractivity contribution < 1.29 is 13.5 Å². The van der Waals surface area contributed by atoms with Gasteiger partial charge in [0.05, 0.1) is 6.54 Å². The molecule has 1 aromatic heterocycles. The molecule has 1 aliphatic rings. The first-order valence-corrected chi connectivity index (χ1v) is 9.67. The summed E-state index contributed by atoms with van der Waals surface area (Å²) in [7, 11) is 0. The third kappa shape index (κ3) is 4.18. The molecule has 2 aromatic carbocycles. The molecule has 0 unspecified atom stereocenters. The number of nitrogens with one attached hydrogen (secondary N) is 1. The van der Waals surface area contributed by atoms with E-state index in [0.29, 0.717) is 6.54 Å². The summed E-state index contributed by atoms with van der Waals surface area (Å²) in [6.07, 6.45) is 2.53. The zero-order valence-corrected chi connectivity index (χ0v) is 16.3. The van der Waals surface area contributed by atoms with E-state index in [0.717, 1.165) is 37.2 Å². The quantitative estimate of drug-likeness (QED) is 0.682. The number of benzene rings is 2. The number of fused-ring (bicyclic) bond motifs is 1. The van der Waals surface area contributed by atoms with E-state index < -0.39 is 11.6 Å². The van der Waals surface area contributed by atoms with Crippen LogP contribution >= 0.6 is 11.6 Å². The van der Waals surface area contributed by atoms with Crippen molar-refractivity contribution in [3.05, 3.63) is 97.9 Å². The zero-order valence-electron chi connectivity index (χ0n) is 15.6. The Labute approximate surface area is 171 Å². The number of halogens is 3. The van der Waals surface area contributed by atoms with Crippen LogP contribution in [0.4, 0.5) is 8.78 Å². The van der Waals surface area contributed by atoms with Gasteiger partial charge in [0, 0.05) is 24.4 Å². The number of nitrogens with zero attached hydrogens (tertiary/aromatic N) is 1. The molecule has 0 saturated carbocycles. The lowest BCUT2D eigenvalue weighted by Crippen LogP contribution is -2.26. The third-order valence-corrected chi connectivity index (χ3v) is 5.39. The van der Waals surface area contributed by atoms with E-state index in [2.05, 4.69) is 11.4 Å². The maximum absolute atomic E-state index is 13.8. The van der Waals surface area contributed by atoms with Gasteiger partial charge in [-0.3, -0.25) is 4.79 Å². The summed E-state index contributed by atoms with van der Waals surface area (Å²) in [5.41, 5.74) is 3.39. The van der Waals surface area contributed by atoms with Gasteiger partial charge in [0.15, 0.2) is 0 Å². The maximum atomic E-state index is 13.8. The molecule has 1 N–H and O–H groups in total. The summed E-state index contributed by atoms with van der Waals surface area (Å²) in [6.45, 7) is 1.99. The van der Waals surface area contributed by atoms with Crippen LogP contribution in [-0.2, 0) is 26.1 Å². The Hall–Kier alpha value is -2.70. The van der Waals surface area contributed by atoms with Gasteiger partial charge in [-0.2, -0.15) is 0 Å². The van der Waals surface area contributed by atoms with Crippen LogP contribution in [0.15, 0.2) is 53.5 Å². The molecule has 29 heavy (non-hydrogen) atoms. The molecule has 0 fully saturated rings. The molecule has 0 amide bonds. The van der Waals surface area contributed by atoms with Gasteiger partial charge < -0.3 is 14.6 Å². The van der Waals surface area contributed by atoms with Crippen LogP contribution < -0.4 is 15.6 Å². The van der Waals surface area contributed by atoms with Crippen LogP contribution in [0.1, 0.15) is 22.3 Å². The largest absolute Gasteiger partial charge is 0.487 e. The molecule has 0 radical (unpaired) electrons. The van der Waals surface area contributed by atoms with Gasteiger partial charge in [-0.25, -0.2) is 8.78 Å². The molecule has 4 nitrogen and oxygen atoms in total. The van der Waals surface area contributed by atoms with Crippen LogP contribution in [0.5, 0.6) is 5.75 Å². The second-order valence-electron chi connectivity index (χ2n) is 6.93. The van der Waals surface area contributed by atoms with E-state index >= 15 is 0 Å². The maximum Gasteiger partial charge on any atom is 0.273 e. The number of hydrogen-bond acceptors (Lipinski definition) is 3. The Morgan fingerprint density at radius 2 is 2.00 bits per heavy atom. The molecular formula is C22H19ClF2N2O2. The fraction of sp³-hybridized carbons (Fsp3) is 0.227. The van der Waals surface area contributed by atoms with Crippen molar-refractivity contribution in [3.63, 3.8) is 0 Å². The Morgan fingerprint density at radius 3 is 2.83 bits per heavy atom. The average Bonchev–Trinajstić information content (AvgIpc) is 2.72. The lowest BCUT2D eigenvalue weighted by atomic mass is 9.95. The molecule has 4 rings (SSSR count). The number of aromatic nitrogens is 1. The van der Waals surface area contributed by atoms with Crippen molar-refractivity contribution in [1.29, 1.82) is 0 Å². The van der Waals surface area contributed by atoms with Crippen molar-refractivity contribution in [2.45, 2.75) is 26.1 Å². The van der Waals surface area contributed by atoms with Gasteiger partial charge in [-0.15, -0.1) is 0 Å². The summed E-state index contributed by atoms with van der Waals surface area (Å²) in [6, 6.07) is 10.9. The highest BCUT2D eigenvalue weighted by atomic mass is 35.5. The van der Waals surface area contributed by atoms with E-state index in [-0.39, 0.29) is 28.5 Å². The predicted octanol–water partition coefficient (Wildman–Crippen LogP) is 4.05. The number of hydrogen-bond donors (Lipinski definition) is 1. The first-order valence-electron chi connectivity index (χ1n) is 9.29. The fourth-order valence-electron chi connectivity index (χ4n) is 3.50. The summed E-state index contributed by atoms with van der Waals surface area (Å²) in [4.78, 5) is 12.7. The minimum Gasteiger partial charge on any atom is -0.487 e. The summed E-state index contributed by atoms with van der Waals surface area (Å²) >= 11 is 6.22. The molecule has 0 bridgehead atoms. The van der Waals surface area contributed by atoms with Crippen molar-refractivity contribution in [1.82, 2.24) is 9.88 Å². The first-order chi connectivity index (χ1) is 14.0. The molecule has 7 heteroatoms. The Kier molecular flexibility index (Phi) is 5.65. The number of ether oxygens (including phenoxy) is 1. The van der Waals surface area contributed by atoms with Crippen LogP contribution in [0, 0.1) is 11.6 Å². The molecule has 3 aromatic rings. The average molecular weight is 417 g/mol. The summed E-state index contributed by atoms with van der Waals surface area (Å²) in [5, 5.41) is 3.27. The van der Waals surface area contributed by atoms with Gasteiger partial charge in [0.25, 0.3) is 5.56 Å². The Morgan fingerprint density at radius 1 is 1.14 bits per heavy atom. The van der Waals surface area contributed by atoms with Crippen molar-refractivity contribution in [2.24, 2.45) is 0 Å². The number of rotatable bonds is 5. The van der Waals surface area contributed by atoms with Crippen molar-refractivity contribution in [3.8, 4) is 5.75 Å². The van der Waals surface area contributed by atoms with E-state index in [1.54, 1.807) is 12.3 Å². The highest BCUT2D eigenvalue weighted by Gasteiger charge is 2.15. The smallest absolute Gasteiger partial charge is 0.273 e. The molecule has 0 aliphatic carbocycles. The van der Waals surface area contributed by atoms with Crippen molar-refractivity contribution >= 4 is 11.6 Å². The Balaban J connectivity index is 1.54. The lowest BCUT2D eigenvalue weighted by Gasteiger charge is -2.21.